The Morgan fingerprint density at radius 3 is 2.71 bits per heavy atom. The molecule has 1 aromatic carbocycles. The minimum Gasteiger partial charge on any atom is -0.344 e. The summed E-state index contributed by atoms with van der Waals surface area (Å²) in [6.45, 7) is 1.80. The molecule has 0 bridgehead atoms. The van der Waals surface area contributed by atoms with E-state index in [1.165, 1.54) is 18.2 Å². The van der Waals surface area contributed by atoms with Gasteiger partial charge >= 0.3 is 0 Å². The fourth-order valence-electron chi connectivity index (χ4n) is 1.82. The summed E-state index contributed by atoms with van der Waals surface area (Å²) < 4.78 is 0.167. The molecule has 2 aromatic rings. The summed E-state index contributed by atoms with van der Waals surface area (Å²) in [6, 6.07) is 9.45. The van der Waals surface area contributed by atoms with Gasteiger partial charge in [0.2, 0.25) is 0 Å². The largest absolute Gasteiger partial charge is 0.344 e. The van der Waals surface area contributed by atoms with Crippen LogP contribution in [0.4, 0.5) is 5.69 Å². The van der Waals surface area contributed by atoms with Crippen LogP contribution in [0.2, 0.25) is 0 Å². The Balaban J connectivity index is 2.22. The summed E-state index contributed by atoms with van der Waals surface area (Å²) in [5, 5.41) is 13.6. The van der Waals surface area contributed by atoms with Crippen molar-refractivity contribution in [3.8, 4) is 0 Å². The summed E-state index contributed by atoms with van der Waals surface area (Å²) in [5.74, 6) is -0.399. The van der Waals surface area contributed by atoms with Gasteiger partial charge in [0.1, 0.15) is 4.47 Å². The van der Waals surface area contributed by atoms with E-state index in [9.17, 15) is 14.9 Å². The molecule has 108 valence electrons. The third kappa shape index (κ3) is 3.43. The van der Waals surface area contributed by atoms with Gasteiger partial charge < -0.3 is 5.32 Å². The first kappa shape index (κ1) is 15.1. The average molecular weight is 350 g/mol. The molecule has 1 atom stereocenters. The Kier molecular flexibility index (Phi) is 4.64. The number of halogens is 1. The van der Waals surface area contributed by atoms with Crippen molar-refractivity contribution in [3.05, 3.63) is 68.4 Å². The number of carbonyl (C=O) groups is 1. The molecule has 0 radical (unpaired) electrons. The second-order valence-electron chi connectivity index (χ2n) is 4.35. The molecule has 0 aliphatic carbocycles. The maximum Gasteiger partial charge on any atom is 0.284 e. The lowest BCUT2D eigenvalue weighted by atomic mass is 10.1. The molecule has 7 heteroatoms. The first-order valence-electron chi connectivity index (χ1n) is 6.15. The van der Waals surface area contributed by atoms with Gasteiger partial charge in [0.25, 0.3) is 11.6 Å². The smallest absolute Gasteiger partial charge is 0.284 e. The number of rotatable bonds is 4. The number of nitrogens with one attached hydrogen (secondary N) is 1. The zero-order valence-corrected chi connectivity index (χ0v) is 12.7. The molecular formula is C14H12BrN3O3. The number of hydrogen-bond acceptors (Lipinski definition) is 4. The summed E-state index contributed by atoms with van der Waals surface area (Å²) in [4.78, 5) is 26.7. The van der Waals surface area contributed by atoms with Crippen LogP contribution >= 0.6 is 15.9 Å². The first-order chi connectivity index (χ1) is 10.0. The standard InChI is InChI=1S/C14H12BrN3O3/c1-9(11-6-2-3-8-16-11)17-14(19)10-5-4-7-12(13(10)15)18(20)21/h2-9H,1H3,(H,17,19). The number of nitrogens with zero attached hydrogens (tertiary/aromatic N) is 2. The lowest BCUT2D eigenvalue weighted by Crippen LogP contribution is -2.27. The Bertz CT molecular complexity index is 676. The van der Waals surface area contributed by atoms with Gasteiger partial charge in [-0.2, -0.15) is 0 Å². The van der Waals surface area contributed by atoms with Crippen molar-refractivity contribution >= 4 is 27.5 Å². The number of nitro benzene ring substituents is 1. The molecule has 2 rings (SSSR count). The molecule has 1 N–H and O–H groups in total. The Labute approximate surface area is 129 Å². The van der Waals surface area contributed by atoms with E-state index in [1.54, 1.807) is 25.3 Å². The van der Waals surface area contributed by atoms with Gasteiger partial charge in [-0.15, -0.1) is 0 Å². The van der Waals surface area contributed by atoms with E-state index in [-0.39, 0.29) is 21.8 Å². The lowest BCUT2D eigenvalue weighted by Gasteiger charge is -2.14. The normalized spacial score (nSPS) is 11.7. The summed E-state index contributed by atoms with van der Waals surface area (Å²) in [6.07, 6.45) is 1.64. The van der Waals surface area contributed by atoms with Gasteiger partial charge in [-0.1, -0.05) is 12.1 Å². The molecule has 1 amide bonds. The van der Waals surface area contributed by atoms with E-state index in [1.807, 2.05) is 6.07 Å². The Morgan fingerprint density at radius 2 is 2.10 bits per heavy atom. The third-order valence-corrected chi connectivity index (χ3v) is 3.73. The third-order valence-electron chi connectivity index (χ3n) is 2.90. The fourth-order valence-corrected chi connectivity index (χ4v) is 2.41. The molecule has 1 unspecified atom stereocenters. The highest BCUT2D eigenvalue weighted by atomic mass is 79.9. The van der Waals surface area contributed by atoms with Crippen molar-refractivity contribution in [1.82, 2.24) is 10.3 Å². The highest BCUT2D eigenvalue weighted by Crippen LogP contribution is 2.28. The van der Waals surface area contributed by atoms with E-state index >= 15 is 0 Å². The number of nitro groups is 1. The van der Waals surface area contributed by atoms with Gasteiger partial charge in [0.05, 0.1) is 22.2 Å². The van der Waals surface area contributed by atoms with Crippen molar-refractivity contribution in [2.75, 3.05) is 0 Å². The zero-order valence-electron chi connectivity index (χ0n) is 11.1. The highest BCUT2D eigenvalue weighted by molar-refractivity contribution is 9.10. The predicted molar refractivity (Wildman–Crippen MR) is 80.9 cm³/mol. The second kappa shape index (κ2) is 6.45. The van der Waals surface area contributed by atoms with Crippen molar-refractivity contribution in [2.24, 2.45) is 0 Å². The monoisotopic (exact) mass is 349 g/mol. The number of carbonyl (C=O) groups excluding carboxylic acids is 1. The molecule has 6 nitrogen and oxygen atoms in total. The molecule has 0 saturated carbocycles. The summed E-state index contributed by atoms with van der Waals surface area (Å²) >= 11 is 3.11. The minimum absolute atomic E-state index is 0.145. The van der Waals surface area contributed by atoms with Crippen molar-refractivity contribution in [2.45, 2.75) is 13.0 Å². The van der Waals surface area contributed by atoms with Gasteiger partial charge in [0.15, 0.2) is 0 Å². The quantitative estimate of drug-likeness (QED) is 0.678. The summed E-state index contributed by atoms with van der Waals surface area (Å²) in [5.41, 5.74) is 0.785. The molecule has 21 heavy (non-hydrogen) atoms. The predicted octanol–water partition coefficient (Wildman–Crippen LogP) is 3.24. The van der Waals surface area contributed by atoms with Gasteiger partial charge in [0, 0.05) is 12.3 Å². The first-order valence-corrected chi connectivity index (χ1v) is 6.94. The molecule has 1 aromatic heterocycles. The topological polar surface area (TPSA) is 85.1 Å². The number of pyridine rings is 1. The molecule has 0 aliphatic heterocycles. The van der Waals surface area contributed by atoms with Gasteiger partial charge in [-0.25, -0.2) is 0 Å². The second-order valence-corrected chi connectivity index (χ2v) is 5.14. The van der Waals surface area contributed by atoms with E-state index in [4.69, 9.17) is 0 Å². The van der Waals surface area contributed by atoms with Crippen LogP contribution in [0.3, 0.4) is 0 Å². The van der Waals surface area contributed by atoms with Crippen molar-refractivity contribution in [3.63, 3.8) is 0 Å². The molecule has 1 heterocycles. The van der Waals surface area contributed by atoms with Crippen LogP contribution < -0.4 is 5.32 Å². The van der Waals surface area contributed by atoms with Gasteiger partial charge in [-0.3, -0.25) is 19.9 Å². The van der Waals surface area contributed by atoms with Crippen molar-refractivity contribution < 1.29 is 9.72 Å². The number of benzene rings is 1. The van der Waals surface area contributed by atoms with Crippen molar-refractivity contribution in [1.29, 1.82) is 0 Å². The van der Waals surface area contributed by atoms with Crippen LogP contribution in [0.5, 0.6) is 0 Å². The zero-order chi connectivity index (χ0) is 15.4. The van der Waals surface area contributed by atoms with E-state index in [0.717, 1.165) is 0 Å². The minimum atomic E-state index is -0.539. The maximum absolute atomic E-state index is 12.2. The SMILES string of the molecule is CC(NC(=O)c1cccc([N+](=O)[O-])c1Br)c1ccccn1. The molecule has 0 spiro atoms. The molecular weight excluding hydrogens is 338 g/mol. The van der Waals surface area contributed by atoms with Crippen LogP contribution in [-0.4, -0.2) is 15.8 Å². The maximum atomic E-state index is 12.2. The van der Waals surface area contributed by atoms with Crippen LogP contribution in [0.25, 0.3) is 0 Å². The van der Waals surface area contributed by atoms with Gasteiger partial charge in [-0.05, 0) is 41.1 Å². The van der Waals surface area contributed by atoms with Crippen LogP contribution in [0.15, 0.2) is 47.1 Å². The van der Waals surface area contributed by atoms with Crippen LogP contribution in [-0.2, 0) is 0 Å². The van der Waals surface area contributed by atoms with E-state index in [2.05, 4.69) is 26.2 Å². The number of hydrogen-bond donors (Lipinski definition) is 1. The van der Waals surface area contributed by atoms with E-state index < -0.39 is 10.8 Å². The summed E-state index contributed by atoms with van der Waals surface area (Å²) in [7, 11) is 0. The number of amides is 1. The molecule has 0 saturated heterocycles. The highest BCUT2D eigenvalue weighted by Gasteiger charge is 2.20. The molecule has 0 aliphatic rings. The van der Waals surface area contributed by atoms with Crippen LogP contribution in [0, 0.1) is 10.1 Å². The van der Waals surface area contributed by atoms with Crippen LogP contribution in [0.1, 0.15) is 29.0 Å². The fraction of sp³-hybridized carbons (Fsp3) is 0.143. The molecule has 0 fully saturated rings. The number of aromatic nitrogens is 1. The average Bonchev–Trinajstić information content (AvgIpc) is 2.47. The Hall–Kier alpha value is -2.28. The lowest BCUT2D eigenvalue weighted by molar-refractivity contribution is -0.385. The van der Waals surface area contributed by atoms with E-state index in [0.29, 0.717) is 5.69 Å². The Morgan fingerprint density at radius 1 is 1.33 bits per heavy atom.